The normalized spacial score (nSPS) is 24.9. The molecule has 3 amide bonds. The van der Waals surface area contributed by atoms with Crippen molar-refractivity contribution in [3.8, 4) is 0 Å². The standard InChI is InChI=1S/C18H20N4O4/c23-16(14-6-8-26-22-14)19-10-11-3-1-4-12(9-11)15-13-5-2-7-25-17(13)21-18(24)20-15/h1,3-4,6,8-9,13,15,17H,2,5,7,10H2,(H,19,23)(H2,20,21,24)/t13-,15-,17-/m0/s1. The van der Waals surface area contributed by atoms with Crippen LogP contribution in [0.25, 0.3) is 0 Å². The summed E-state index contributed by atoms with van der Waals surface area (Å²) >= 11 is 0. The van der Waals surface area contributed by atoms with Gasteiger partial charge in [0.2, 0.25) is 0 Å². The van der Waals surface area contributed by atoms with Crippen molar-refractivity contribution >= 4 is 11.9 Å². The van der Waals surface area contributed by atoms with Gasteiger partial charge in [0.15, 0.2) is 5.69 Å². The molecule has 26 heavy (non-hydrogen) atoms. The Morgan fingerprint density at radius 3 is 3.08 bits per heavy atom. The summed E-state index contributed by atoms with van der Waals surface area (Å²) in [5, 5.41) is 12.3. The number of ether oxygens (including phenoxy) is 1. The van der Waals surface area contributed by atoms with Crippen LogP contribution in [0, 0.1) is 5.92 Å². The second kappa shape index (κ2) is 7.17. The van der Waals surface area contributed by atoms with Gasteiger partial charge in [-0.3, -0.25) is 4.79 Å². The third-order valence-corrected chi connectivity index (χ3v) is 4.79. The Balaban J connectivity index is 1.48. The molecule has 3 atom stereocenters. The second-order valence-electron chi connectivity index (χ2n) is 6.51. The lowest BCUT2D eigenvalue weighted by Gasteiger charge is -2.42. The van der Waals surface area contributed by atoms with Gasteiger partial charge in [-0.1, -0.05) is 29.4 Å². The largest absolute Gasteiger partial charge is 0.364 e. The predicted octanol–water partition coefficient (Wildman–Crippen LogP) is 1.71. The van der Waals surface area contributed by atoms with Gasteiger partial charge in [0.25, 0.3) is 5.91 Å². The van der Waals surface area contributed by atoms with Gasteiger partial charge in [-0.15, -0.1) is 0 Å². The topological polar surface area (TPSA) is 105 Å². The van der Waals surface area contributed by atoms with E-state index >= 15 is 0 Å². The van der Waals surface area contributed by atoms with E-state index in [0.717, 1.165) is 24.0 Å². The highest BCUT2D eigenvalue weighted by Crippen LogP contribution is 2.34. The minimum absolute atomic E-state index is 0.111. The molecule has 136 valence electrons. The molecule has 1 aromatic heterocycles. The Bertz CT molecular complexity index is 792. The summed E-state index contributed by atoms with van der Waals surface area (Å²) in [6, 6.07) is 9.04. The van der Waals surface area contributed by atoms with Crippen LogP contribution in [0.2, 0.25) is 0 Å². The Kier molecular flexibility index (Phi) is 4.57. The quantitative estimate of drug-likeness (QED) is 0.773. The molecule has 2 aromatic rings. The number of amides is 3. The number of rotatable bonds is 4. The molecule has 1 aromatic carbocycles. The van der Waals surface area contributed by atoms with Gasteiger partial charge >= 0.3 is 6.03 Å². The first-order chi connectivity index (χ1) is 12.7. The van der Waals surface area contributed by atoms with Gasteiger partial charge in [0.05, 0.1) is 6.04 Å². The summed E-state index contributed by atoms with van der Waals surface area (Å²) in [4.78, 5) is 23.9. The van der Waals surface area contributed by atoms with Crippen molar-refractivity contribution in [3.05, 3.63) is 53.4 Å². The number of nitrogens with zero attached hydrogens (tertiary/aromatic N) is 1. The van der Waals surface area contributed by atoms with Crippen LogP contribution in [0.1, 0.15) is 40.5 Å². The molecule has 3 heterocycles. The summed E-state index contributed by atoms with van der Waals surface area (Å²) in [5.74, 6) is -0.110. The first kappa shape index (κ1) is 16.6. The number of hydrogen-bond donors (Lipinski definition) is 3. The summed E-state index contributed by atoms with van der Waals surface area (Å²) in [7, 11) is 0. The maximum atomic E-state index is 12.0. The van der Waals surface area contributed by atoms with E-state index in [1.54, 1.807) is 0 Å². The lowest BCUT2D eigenvalue weighted by molar-refractivity contribution is -0.0602. The third-order valence-electron chi connectivity index (χ3n) is 4.79. The van der Waals surface area contributed by atoms with Gasteiger partial charge in [-0.2, -0.15) is 0 Å². The Morgan fingerprint density at radius 1 is 1.31 bits per heavy atom. The second-order valence-corrected chi connectivity index (χ2v) is 6.51. The molecular formula is C18H20N4O4. The highest BCUT2D eigenvalue weighted by atomic mass is 16.5. The fourth-order valence-corrected chi connectivity index (χ4v) is 3.54. The zero-order chi connectivity index (χ0) is 17.9. The molecule has 2 fully saturated rings. The molecule has 0 unspecified atom stereocenters. The Labute approximate surface area is 150 Å². The first-order valence-corrected chi connectivity index (χ1v) is 8.67. The maximum Gasteiger partial charge on any atom is 0.317 e. The molecule has 2 saturated heterocycles. The lowest BCUT2D eigenvalue weighted by Crippen LogP contribution is -2.58. The van der Waals surface area contributed by atoms with E-state index in [-0.39, 0.29) is 35.8 Å². The van der Waals surface area contributed by atoms with Crippen molar-refractivity contribution in [2.45, 2.75) is 31.7 Å². The van der Waals surface area contributed by atoms with Crippen LogP contribution in [-0.2, 0) is 11.3 Å². The zero-order valence-corrected chi connectivity index (χ0v) is 14.1. The highest BCUT2D eigenvalue weighted by molar-refractivity contribution is 5.91. The molecule has 0 radical (unpaired) electrons. The molecule has 0 bridgehead atoms. The van der Waals surface area contributed by atoms with Gasteiger partial charge in [0, 0.05) is 25.1 Å². The van der Waals surface area contributed by atoms with E-state index in [2.05, 4.69) is 25.6 Å². The molecule has 4 rings (SSSR count). The van der Waals surface area contributed by atoms with Crippen molar-refractivity contribution in [2.75, 3.05) is 6.61 Å². The highest BCUT2D eigenvalue weighted by Gasteiger charge is 2.39. The van der Waals surface area contributed by atoms with E-state index in [4.69, 9.17) is 4.74 Å². The number of carbonyl (C=O) groups is 2. The average Bonchev–Trinajstić information content (AvgIpc) is 3.20. The van der Waals surface area contributed by atoms with E-state index in [1.807, 2.05) is 24.3 Å². The van der Waals surface area contributed by atoms with E-state index in [1.165, 1.54) is 12.3 Å². The maximum absolute atomic E-state index is 12.0. The van der Waals surface area contributed by atoms with Gasteiger partial charge in [-0.25, -0.2) is 4.79 Å². The van der Waals surface area contributed by atoms with Crippen molar-refractivity contribution in [3.63, 3.8) is 0 Å². The number of nitrogens with one attached hydrogen (secondary N) is 3. The van der Waals surface area contributed by atoms with Gasteiger partial charge in [-0.05, 0) is 24.0 Å². The van der Waals surface area contributed by atoms with Gasteiger partial charge in [0.1, 0.15) is 12.5 Å². The summed E-state index contributed by atoms with van der Waals surface area (Å²) in [5.41, 5.74) is 2.20. The summed E-state index contributed by atoms with van der Waals surface area (Å²) in [6.07, 6.45) is 3.06. The van der Waals surface area contributed by atoms with Crippen molar-refractivity contribution in [1.29, 1.82) is 0 Å². The molecule has 0 aliphatic carbocycles. The van der Waals surface area contributed by atoms with Gasteiger partial charge < -0.3 is 25.2 Å². The predicted molar refractivity (Wildman–Crippen MR) is 91.0 cm³/mol. The number of aromatic nitrogens is 1. The Hall–Kier alpha value is -2.87. The van der Waals surface area contributed by atoms with E-state index in [0.29, 0.717) is 13.2 Å². The smallest absolute Gasteiger partial charge is 0.317 e. The first-order valence-electron chi connectivity index (χ1n) is 8.67. The molecule has 2 aliphatic rings. The molecule has 3 N–H and O–H groups in total. The number of benzene rings is 1. The third kappa shape index (κ3) is 3.41. The van der Waals surface area contributed by atoms with E-state index in [9.17, 15) is 9.59 Å². The molecular weight excluding hydrogens is 336 g/mol. The van der Waals surface area contributed by atoms with Crippen LogP contribution in [-0.4, -0.2) is 29.9 Å². The zero-order valence-electron chi connectivity index (χ0n) is 14.1. The Morgan fingerprint density at radius 2 is 2.23 bits per heavy atom. The molecule has 0 spiro atoms. The summed E-state index contributed by atoms with van der Waals surface area (Å²) < 4.78 is 10.4. The molecule has 8 heteroatoms. The summed E-state index contributed by atoms with van der Waals surface area (Å²) in [6.45, 7) is 1.03. The van der Waals surface area contributed by atoms with Crippen LogP contribution < -0.4 is 16.0 Å². The van der Waals surface area contributed by atoms with Crippen molar-refractivity contribution in [2.24, 2.45) is 5.92 Å². The van der Waals surface area contributed by atoms with Crippen LogP contribution in [0.5, 0.6) is 0 Å². The minimum Gasteiger partial charge on any atom is -0.364 e. The SMILES string of the molecule is O=C1N[C@H]2OCCC[C@H]2[C@H](c2cccc(CNC(=O)c3ccon3)c2)N1. The monoisotopic (exact) mass is 356 g/mol. The number of fused-ring (bicyclic) bond motifs is 1. The van der Waals surface area contributed by atoms with Crippen molar-refractivity contribution in [1.82, 2.24) is 21.1 Å². The van der Waals surface area contributed by atoms with Crippen LogP contribution in [0.3, 0.4) is 0 Å². The number of urea groups is 1. The number of carbonyl (C=O) groups excluding carboxylic acids is 2. The van der Waals surface area contributed by atoms with Crippen LogP contribution in [0.4, 0.5) is 4.79 Å². The lowest BCUT2D eigenvalue weighted by atomic mass is 9.85. The molecule has 8 nitrogen and oxygen atoms in total. The minimum atomic E-state index is -0.292. The average molecular weight is 356 g/mol. The van der Waals surface area contributed by atoms with Crippen LogP contribution in [0.15, 0.2) is 41.1 Å². The molecule has 2 aliphatic heterocycles. The fraction of sp³-hybridized carbons (Fsp3) is 0.389. The fourth-order valence-electron chi connectivity index (χ4n) is 3.54. The van der Waals surface area contributed by atoms with E-state index < -0.39 is 0 Å². The molecule has 0 saturated carbocycles. The number of hydrogen-bond acceptors (Lipinski definition) is 5. The van der Waals surface area contributed by atoms with Crippen molar-refractivity contribution < 1.29 is 18.8 Å². The van der Waals surface area contributed by atoms with Crippen LogP contribution >= 0.6 is 0 Å².